The van der Waals surface area contributed by atoms with E-state index in [1.54, 1.807) is 6.07 Å². The Labute approximate surface area is 133 Å². The van der Waals surface area contributed by atoms with Gasteiger partial charge in [-0.25, -0.2) is 8.78 Å². The molecule has 0 aliphatic heterocycles. The van der Waals surface area contributed by atoms with Crippen molar-refractivity contribution in [3.05, 3.63) is 57.0 Å². The number of hydrogen-bond donors (Lipinski definition) is 2. The molecule has 0 aliphatic rings. The second-order valence-corrected chi connectivity index (χ2v) is 5.54. The van der Waals surface area contributed by atoms with Gasteiger partial charge in [0.05, 0.1) is 20.9 Å². The largest absolute Gasteiger partial charge is 0.389 e. The lowest BCUT2D eigenvalue weighted by molar-refractivity contribution is 0.623. The molecule has 0 bridgehead atoms. The Morgan fingerprint density at radius 3 is 2.55 bits per heavy atom. The van der Waals surface area contributed by atoms with Crippen LogP contribution in [0.1, 0.15) is 5.56 Å². The summed E-state index contributed by atoms with van der Waals surface area (Å²) in [5.74, 6) is -1.06. The van der Waals surface area contributed by atoms with E-state index in [2.05, 4.69) is 21.2 Å². The minimum absolute atomic E-state index is 0.0751. The molecule has 0 amide bonds. The first kappa shape index (κ1) is 15.2. The summed E-state index contributed by atoms with van der Waals surface area (Å²) in [6, 6.07) is 6.79. The van der Waals surface area contributed by atoms with Gasteiger partial charge in [0.15, 0.2) is 5.82 Å². The van der Waals surface area contributed by atoms with E-state index in [-0.39, 0.29) is 25.9 Å². The van der Waals surface area contributed by atoms with E-state index < -0.39 is 11.6 Å². The molecular formula is C13H8BrClF2N2S. The molecule has 0 aromatic heterocycles. The van der Waals surface area contributed by atoms with Crippen LogP contribution in [0.3, 0.4) is 0 Å². The van der Waals surface area contributed by atoms with Crippen LogP contribution in [0.25, 0.3) is 0 Å². The summed E-state index contributed by atoms with van der Waals surface area (Å²) < 4.78 is 27.5. The average Bonchev–Trinajstić information content (AvgIpc) is 2.39. The Hall–Kier alpha value is -1.24. The molecule has 2 nitrogen and oxygen atoms in total. The molecule has 2 rings (SSSR count). The topological polar surface area (TPSA) is 38.0 Å². The predicted octanol–water partition coefficient (Wildman–Crippen LogP) is 4.76. The lowest BCUT2D eigenvalue weighted by atomic mass is 10.2. The number of halogens is 4. The summed E-state index contributed by atoms with van der Waals surface area (Å²) in [4.78, 5) is 0.0751. The third-order valence-corrected chi connectivity index (χ3v) is 3.87. The Morgan fingerprint density at radius 2 is 1.90 bits per heavy atom. The predicted molar refractivity (Wildman–Crippen MR) is 84.7 cm³/mol. The molecule has 0 fully saturated rings. The summed E-state index contributed by atoms with van der Waals surface area (Å²) in [5, 5.41) is 3.01. The van der Waals surface area contributed by atoms with Crippen molar-refractivity contribution < 1.29 is 8.78 Å². The first-order valence-electron chi connectivity index (χ1n) is 5.40. The number of nitrogens with two attached hydrogens (primary N) is 1. The molecule has 0 atom stereocenters. The molecule has 0 heterocycles. The molecule has 0 saturated heterocycles. The minimum Gasteiger partial charge on any atom is -0.389 e. The van der Waals surface area contributed by atoms with Crippen LogP contribution in [-0.4, -0.2) is 4.99 Å². The van der Waals surface area contributed by atoms with Crippen LogP contribution in [0.4, 0.5) is 20.2 Å². The minimum atomic E-state index is -0.587. The first-order valence-corrected chi connectivity index (χ1v) is 6.98. The van der Waals surface area contributed by atoms with Crippen molar-refractivity contribution >= 4 is 56.1 Å². The molecule has 7 heteroatoms. The van der Waals surface area contributed by atoms with E-state index in [9.17, 15) is 8.78 Å². The number of benzene rings is 2. The van der Waals surface area contributed by atoms with E-state index in [0.29, 0.717) is 5.56 Å². The molecule has 20 heavy (non-hydrogen) atoms. The SMILES string of the molecule is NC(=S)c1ccc(Nc2cc(F)ccc2Cl)c(F)c1Br. The van der Waals surface area contributed by atoms with Crippen molar-refractivity contribution in [2.75, 3.05) is 5.32 Å². The fourth-order valence-electron chi connectivity index (χ4n) is 1.57. The van der Waals surface area contributed by atoms with Crippen molar-refractivity contribution in [1.82, 2.24) is 0 Å². The fraction of sp³-hybridized carbons (Fsp3) is 0. The van der Waals surface area contributed by atoms with Crippen LogP contribution in [0.15, 0.2) is 34.8 Å². The summed E-state index contributed by atoms with van der Waals surface area (Å²) >= 11 is 13.8. The zero-order chi connectivity index (χ0) is 14.9. The number of rotatable bonds is 3. The van der Waals surface area contributed by atoms with Gasteiger partial charge >= 0.3 is 0 Å². The standard InChI is InChI=1S/C13H8BrClF2N2S/c14-11-7(13(18)20)2-4-9(12(11)17)19-10-5-6(16)1-3-8(10)15/h1-5,19H,(H2,18,20). The number of anilines is 2. The van der Waals surface area contributed by atoms with Gasteiger partial charge in [0.25, 0.3) is 0 Å². The zero-order valence-electron chi connectivity index (χ0n) is 9.88. The molecule has 0 spiro atoms. The van der Waals surface area contributed by atoms with Crippen molar-refractivity contribution in [3.63, 3.8) is 0 Å². The van der Waals surface area contributed by atoms with Crippen molar-refractivity contribution in [2.24, 2.45) is 5.73 Å². The van der Waals surface area contributed by atoms with Gasteiger partial charge in [-0.3, -0.25) is 0 Å². The number of thiocarbonyl (C=S) groups is 1. The van der Waals surface area contributed by atoms with E-state index in [0.717, 1.165) is 0 Å². The zero-order valence-corrected chi connectivity index (χ0v) is 13.0. The molecule has 0 saturated carbocycles. The van der Waals surface area contributed by atoms with Gasteiger partial charge in [-0.2, -0.15) is 0 Å². The van der Waals surface area contributed by atoms with Gasteiger partial charge in [0.1, 0.15) is 10.8 Å². The van der Waals surface area contributed by atoms with Crippen molar-refractivity contribution in [1.29, 1.82) is 0 Å². The Kier molecular flexibility index (Phi) is 4.57. The highest BCUT2D eigenvalue weighted by Gasteiger charge is 2.14. The first-order chi connectivity index (χ1) is 9.40. The second-order valence-electron chi connectivity index (χ2n) is 3.90. The van der Waals surface area contributed by atoms with Crippen LogP contribution in [-0.2, 0) is 0 Å². The van der Waals surface area contributed by atoms with Crippen LogP contribution in [0, 0.1) is 11.6 Å². The van der Waals surface area contributed by atoms with Crippen LogP contribution in [0.2, 0.25) is 5.02 Å². The molecule has 0 unspecified atom stereocenters. The molecule has 3 N–H and O–H groups in total. The van der Waals surface area contributed by atoms with Crippen molar-refractivity contribution in [3.8, 4) is 0 Å². The van der Waals surface area contributed by atoms with Gasteiger partial charge in [-0.05, 0) is 46.3 Å². The maximum Gasteiger partial charge on any atom is 0.161 e. The van der Waals surface area contributed by atoms with Crippen LogP contribution in [0.5, 0.6) is 0 Å². The second kappa shape index (κ2) is 6.03. The van der Waals surface area contributed by atoms with E-state index in [1.807, 2.05) is 0 Å². The summed E-state index contributed by atoms with van der Waals surface area (Å²) in [6.45, 7) is 0. The smallest absolute Gasteiger partial charge is 0.161 e. The molecule has 2 aromatic carbocycles. The number of hydrogen-bond acceptors (Lipinski definition) is 2. The Bertz CT molecular complexity index is 694. The van der Waals surface area contributed by atoms with Gasteiger partial charge in [-0.15, -0.1) is 0 Å². The molecule has 0 radical (unpaired) electrons. The van der Waals surface area contributed by atoms with Gasteiger partial charge in [0, 0.05) is 5.56 Å². The van der Waals surface area contributed by atoms with E-state index in [1.165, 1.54) is 24.3 Å². The van der Waals surface area contributed by atoms with Crippen LogP contribution >= 0.6 is 39.7 Å². The quantitative estimate of drug-likeness (QED) is 0.758. The fourth-order valence-corrected chi connectivity index (χ4v) is 2.60. The van der Waals surface area contributed by atoms with Gasteiger partial charge in [-0.1, -0.05) is 23.8 Å². The monoisotopic (exact) mass is 376 g/mol. The van der Waals surface area contributed by atoms with Gasteiger partial charge < -0.3 is 11.1 Å². The molecular weight excluding hydrogens is 370 g/mol. The maximum absolute atomic E-state index is 14.2. The van der Waals surface area contributed by atoms with E-state index in [4.69, 9.17) is 29.6 Å². The summed E-state index contributed by atoms with van der Waals surface area (Å²) in [6.07, 6.45) is 0. The van der Waals surface area contributed by atoms with Gasteiger partial charge in [0.2, 0.25) is 0 Å². The summed E-state index contributed by atoms with van der Waals surface area (Å²) in [7, 11) is 0. The van der Waals surface area contributed by atoms with Crippen LogP contribution < -0.4 is 11.1 Å². The lowest BCUT2D eigenvalue weighted by Gasteiger charge is -2.12. The average molecular weight is 378 g/mol. The van der Waals surface area contributed by atoms with E-state index >= 15 is 0 Å². The number of nitrogens with one attached hydrogen (secondary N) is 1. The van der Waals surface area contributed by atoms with Crippen molar-refractivity contribution in [2.45, 2.75) is 0 Å². The maximum atomic E-state index is 14.2. The lowest BCUT2D eigenvalue weighted by Crippen LogP contribution is -2.11. The molecule has 2 aromatic rings. The normalized spacial score (nSPS) is 10.4. The third-order valence-electron chi connectivity index (χ3n) is 2.55. The Morgan fingerprint density at radius 1 is 1.20 bits per heavy atom. The highest BCUT2D eigenvalue weighted by molar-refractivity contribution is 9.10. The molecule has 104 valence electrons. The highest BCUT2D eigenvalue weighted by atomic mass is 79.9. The molecule has 0 aliphatic carbocycles. The third kappa shape index (κ3) is 3.08. The Balaban J connectivity index is 2.42. The summed E-state index contributed by atoms with van der Waals surface area (Å²) in [5.41, 5.74) is 6.25. The highest BCUT2D eigenvalue weighted by Crippen LogP contribution is 2.31.